The van der Waals surface area contributed by atoms with Crippen LogP contribution in [0.1, 0.15) is 24.8 Å². The summed E-state index contributed by atoms with van der Waals surface area (Å²) in [5.74, 6) is 1.39. The molecule has 1 saturated heterocycles. The molecular formula is C19H28FN3O3. The molecule has 1 saturated carbocycles. The fourth-order valence-corrected chi connectivity index (χ4v) is 3.73. The molecule has 7 heteroatoms. The quantitative estimate of drug-likeness (QED) is 0.841. The van der Waals surface area contributed by atoms with Gasteiger partial charge in [-0.15, -0.1) is 0 Å². The zero-order valence-corrected chi connectivity index (χ0v) is 15.7. The number of rotatable bonds is 6. The van der Waals surface area contributed by atoms with Crippen LogP contribution in [-0.4, -0.2) is 68.4 Å². The maximum Gasteiger partial charge on any atom is 0.317 e. The number of ether oxygens (including phenoxy) is 2. The Labute approximate surface area is 154 Å². The molecule has 26 heavy (non-hydrogen) atoms. The molecule has 1 aromatic carbocycles. The summed E-state index contributed by atoms with van der Waals surface area (Å²) in [5.41, 5.74) is 1.10. The molecule has 1 aliphatic heterocycles. The molecule has 2 amide bonds. The summed E-state index contributed by atoms with van der Waals surface area (Å²) in [4.78, 5) is 15.9. The van der Waals surface area contributed by atoms with Crippen LogP contribution in [-0.2, 0) is 6.54 Å². The monoisotopic (exact) mass is 365 g/mol. The van der Waals surface area contributed by atoms with Crippen molar-refractivity contribution in [2.45, 2.75) is 44.1 Å². The maximum atomic E-state index is 14.3. The highest BCUT2D eigenvalue weighted by atomic mass is 19.1. The van der Waals surface area contributed by atoms with E-state index in [1.165, 1.54) is 0 Å². The molecule has 0 unspecified atom stereocenters. The minimum Gasteiger partial charge on any atom is -0.493 e. The van der Waals surface area contributed by atoms with Gasteiger partial charge in [-0.25, -0.2) is 9.18 Å². The molecule has 1 aliphatic carbocycles. The van der Waals surface area contributed by atoms with E-state index >= 15 is 0 Å². The molecule has 3 rings (SSSR count). The third-order valence-electron chi connectivity index (χ3n) is 5.18. The number of likely N-dealkylation sites (tertiary alicyclic amines) is 1. The van der Waals surface area contributed by atoms with Crippen molar-refractivity contribution in [3.63, 3.8) is 0 Å². The number of halogens is 1. The number of nitrogens with zero attached hydrogens (tertiary/aromatic N) is 2. The van der Waals surface area contributed by atoms with Gasteiger partial charge in [0.05, 0.1) is 20.8 Å². The summed E-state index contributed by atoms with van der Waals surface area (Å²) in [5, 5.41) is 2.61. The second-order valence-electron chi connectivity index (χ2n) is 7.04. The fraction of sp³-hybridized carbons (Fsp3) is 0.632. The third-order valence-corrected chi connectivity index (χ3v) is 5.18. The van der Waals surface area contributed by atoms with Crippen LogP contribution in [0.25, 0.3) is 0 Å². The van der Waals surface area contributed by atoms with Crippen LogP contribution >= 0.6 is 0 Å². The number of urea groups is 1. The lowest BCUT2D eigenvalue weighted by Gasteiger charge is -2.40. The van der Waals surface area contributed by atoms with Crippen molar-refractivity contribution >= 4 is 6.03 Å². The van der Waals surface area contributed by atoms with E-state index in [0.717, 1.165) is 18.4 Å². The number of carbonyl (C=O) groups excluding carboxylic acids is 1. The normalized spacial score (nSPS) is 23.0. The Balaban J connectivity index is 1.76. The summed E-state index contributed by atoms with van der Waals surface area (Å²) in [6.07, 6.45) is 1.73. The van der Waals surface area contributed by atoms with Crippen molar-refractivity contribution < 1.29 is 18.7 Å². The highest BCUT2D eigenvalue weighted by Gasteiger charge is 2.39. The number of hydrogen-bond donors (Lipinski definition) is 1. The number of carbonyl (C=O) groups is 1. The summed E-state index contributed by atoms with van der Waals surface area (Å²) in [7, 11) is 4.82. The van der Waals surface area contributed by atoms with Crippen molar-refractivity contribution in [1.29, 1.82) is 0 Å². The van der Waals surface area contributed by atoms with Gasteiger partial charge in [0.2, 0.25) is 0 Å². The Morgan fingerprint density at radius 1 is 1.23 bits per heavy atom. The van der Waals surface area contributed by atoms with E-state index in [4.69, 9.17) is 9.47 Å². The molecule has 0 spiro atoms. The van der Waals surface area contributed by atoms with Crippen molar-refractivity contribution in [2.75, 3.05) is 34.4 Å². The van der Waals surface area contributed by atoms with Crippen LogP contribution in [0.5, 0.6) is 11.5 Å². The summed E-state index contributed by atoms with van der Waals surface area (Å²) in [6.45, 7) is 1.44. The van der Waals surface area contributed by atoms with Crippen molar-refractivity contribution in [3.8, 4) is 11.5 Å². The predicted molar refractivity (Wildman–Crippen MR) is 97.4 cm³/mol. The highest BCUT2D eigenvalue weighted by Crippen LogP contribution is 2.35. The molecule has 1 N–H and O–H groups in total. The minimum absolute atomic E-state index is 0.0247. The van der Waals surface area contributed by atoms with E-state index in [1.54, 1.807) is 26.2 Å². The molecule has 0 aromatic heterocycles. The number of alkyl halides is 1. The Kier molecular flexibility index (Phi) is 5.86. The maximum absolute atomic E-state index is 14.3. The summed E-state index contributed by atoms with van der Waals surface area (Å²) < 4.78 is 25.0. The smallest absolute Gasteiger partial charge is 0.317 e. The number of amides is 2. The zero-order chi connectivity index (χ0) is 18.7. The molecule has 0 radical (unpaired) electrons. The van der Waals surface area contributed by atoms with Gasteiger partial charge < -0.3 is 19.7 Å². The van der Waals surface area contributed by atoms with Gasteiger partial charge in [0.25, 0.3) is 0 Å². The van der Waals surface area contributed by atoms with Gasteiger partial charge in [-0.2, -0.15) is 0 Å². The van der Waals surface area contributed by atoms with E-state index in [9.17, 15) is 9.18 Å². The molecule has 144 valence electrons. The number of benzene rings is 1. The lowest BCUT2D eigenvalue weighted by Crippen LogP contribution is -2.55. The first kappa shape index (κ1) is 18.8. The molecule has 2 aliphatic rings. The van der Waals surface area contributed by atoms with Gasteiger partial charge in [0.1, 0.15) is 6.17 Å². The molecule has 2 fully saturated rings. The van der Waals surface area contributed by atoms with Gasteiger partial charge in [-0.1, -0.05) is 6.07 Å². The standard InChI is InChI=1S/C19H28FN3O3/c1-21-19(24)22-11-14(20)9-16(12-22)23(15-5-6-15)10-13-4-7-17(25-2)18(8-13)26-3/h4,7-8,14-16H,5-6,9-12H2,1-3H3,(H,21,24)/t14-,16+/m0/s1. The number of methoxy groups -OCH3 is 2. The second-order valence-corrected chi connectivity index (χ2v) is 7.04. The van der Waals surface area contributed by atoms with Gasteiger partial charge in [0, 0.05) is 32.2 Å². The van der Waals surface area contributed by atoms with Gasteiger partial charge in [0.15, 0.2) is 11.5 Å². The highest BCUT2D eigenvalue weighted by molar-refractivity contribution is 5.74. The van der Waals surface area contributed by atoms with Crippen LogP contribution in [0.4, 0.5) is 9.18 Å². The number of hydrogen-bond acceptors (Lipinski definition) is 4. The minimum atomic E-state index is -0.988. The summed E-state index contributed by atoms with van der Waals surface area (Å²) in [6, 6.07) is 6.17. The third kappa shape index (κ3) is 4.20. The number of nitrogens with one attached hydrogen (secondary N) is 1. The van der Waals surface area contributed by atoms with Gasteiger partial charge >= 0.3 is 6.03 Å². The Morgan fingerprint density at radius 2 is 1.96 bits per heavy atom. The largest absolute Gasteiger partial charge is 0.493 e. The molecule has 1 aromatic rings. The fourth-order valence-electron chi connectivity index (χ4n) is 3.73. The van der Waals surface area contributed by atoms with Crippen LogP contribution in [0.2, 0.25) is 0 Å². The first-order chi connectivity index (χ1) is 12.5. The van der Waals surface area contributed by atoms with Crippen LogP contribution in [0.15, 0.2) is 18.2 Å². The lowest BCUT2D eigenvalue weighted by atomic mass is 10.0. The second kappa shape index (κ2) is 8.12. The van der Waals surface area contributed by atoms with E-state index in [0.29, 0.717) is 37.1 Å². The molecule has 6 nitrogen and oxygen atoms in total. The first-order valence-electron chi connectivity index (χ1n) is 9.13. The van der Waals surface area contributed by atoms with Crippen LogP contribution in [0.3, 0.4) is 0 Å². The Bertz CT molecular complexity index is 638. The average molecular weight is 365 g/mol. The van der Waals surface area contributed by atoms with Crippen molar-refractivity contribution in [3.05, 3.63) is 23.8 Å². The van der Waals surface area contributed by atoms with Gasteiger partial charge in [-0.3, -0.25) is 4.90 Å². The number of piperidine rings is 1. The molecule has 2 atom stereocenters. The molecule has 1 heterocycles. The summed E-state index contributed by atoms with van der Waals surface area (Å²) >= 11 is 0. The molecule has 0 bridgehead atoms. The molecular weight excluding hydrogens is 337 g/mol. The van der Waals surface area contributed by atoms with E-state index in [-0.39, 0.29) is 18.6 Å². The van der Waals surface area contributed by atoms with E-state index in [2.05, 4.69) is 10.2 Å². The van der Waals surface area contributed by atoms with Crippen molar-refractivity contribution in [1.82, 2.24) is 15.1 Å². The predicted octanol–water partition coefficient (Wildman–Crippen LogP) is 2.42. The van der Waals surface area contributed by atoms with Crippen LogP contribution < -0.4 is 14.8 Å². The average Bonchev–Trinajstić information content (AvgIpc) is 3.49. The van der Waals surface area contributed by atoms with Crippen LogP contribution in [0, 0.1) is 0 Å². The van der Waals surface area contributed by atoms with E-state index in [1.807, 2.05) is 18.2 Å². The lowest BCUT2D eigenvalue weighted by molar-refractivity contribution is 0.0570. The Hall–Kier alpha value is -2.02. The van der Waals surface area contributed by atoms with Gasteiger partial charge in [-0.05, 0) is 37.0 Å². The first-order valence-corrected chi connectivity index (χ1v) is 9.13. The SMILES string of the molecule is CNC(=O)N1C[C@@H](F)C[C@@H](N(Cc2ccc(OC)c(OC)c2)C2CC2)C1. The van der Waals surface area contributed by atoms with Crippen molar-refractivity contribution in [2.24, 2.45) is 0 Å². The van der Waals surface area contributed by atoms with E-state index < -0.39 is 6.17 Å². The Morgan fingerprint density at radius 3 is 2.58 bits per heavy atom. The zero-order valence-electron chi connectivity index (χ0n) is 15.7. The topological polar surface area (TPSA) is 54.0 Å².